The van der Waals surface area contributed by atoms with Crippen molar-refractivity contribution < 1.29 is 19.4 Å². The van der Waals surface area contributed by atoms with Gasteiger partial charge in [-0.2, -0.15) is 0 Å². The molecule has 0 aliphatic carbocycles. The van der Waals surface area contributed by atoms with Crippen molar-refractivity contribution in [3.8, 4) is 0 Å². The first kappa shape index (κ1) is 14.7. The second-order valence-electron chi connectivity index (χ2n) is 5.09. The minimum atomic E-state index is -1.05. The number of halogens is 1. The zero-order valence-corrected chi connectivity index (χ0v) is 11.1. The normalized spacial score (nSPS) is 19.8. The third-order valence-electron chi connectivity index (χ3n) is 3.54. The lowest BCUT2D eigenvalue weighted by Gasteiger charge is -2.17. The van der Waals surface area contributed by atoms with Crippen LogP contribution in [-0.2, 0) is 11.3 Å². The predicted octanol–water partition coefficient (Wildman–Crippen LogP) is 1.74. The molecular weight excluding hydrogens is 261 g/mol. The Bertz CT molecular complexity index is 516. The number of aliphatic hydroxyl groups excluding tert-OH is 1. The average Bonchev–Trinajstić information content (AvgIpc) is 2.86. The fraction of sp³-hybridized carbons (Fsp3) is 0.400. The van der Waals surface area contributed by atoms with Crippen LogP contribution in [-0.4, -0.2) is 40.8 Å². The molecule has 20 heavy (non-hydrogen) atoms. The Morgan fingerprint density at radius 1 is 1.50 bits per heavy atom. The highest BCUT2D eigenvalue weighted by Crippen LogP contribution is 2.21. The Morgan fingerprint density at radius 2 is 2.30 bits per heavy atom. The second-order valence-corrected chi connectivity index (χ2v) is 5.09. The van der Waals surface area contributed by atoms with Gasteiger partial charge in [0.1, 0.15) is 5.82 Å². The van der Waals surface area contributed by atoms with Crippen LogP contribution in [0.3, 0.4) is 0 Å². The molecule has 0 aromatic heterocycles. The lowest BCUT2D eigenvalue weighted by Crippen LogP contribution is -2.21. The second kappa shape index (κ2) is 6.63. The molecule has 1 aliphatic heterocycles. The van der Waals surface area contributed by atoms with Gasteiger partial charge in [-0.15, -0.1) is 0 Å². The van der Waals surface area contributed by atoms with Crippen molar-refractivity contribution in [1.82, 2.24) is 4.90 Å². The number of carbonyl (C=O) groups is 1. The van der Waals surface area contributed by atoms with Gasteiger partial charge in [0, 0.05) is 25.8 Å². The summed E-state index contributed by atoms with van der Waals surface area (Å²) in [5.41, 5.74) is 1.47. The Hall–Kier alpha value is -1.72. The van der Waals surface area contributed by atoms with Crippen molar-refractivity contribution in [2.75, 3.05) is 19.7 Å². The van der Waals surface area contributed by atoms with Crippen LogP contribution in [0.5, 0.6) is 0 Å². The van der Waals surface area contributed by atoms with E-state index in [2.05, 4.69) is 4.90 Å². The van der Waals surface area contributed by atoms with Gasteiger partial charge in [-0.1, -0.05) is 6.07 Å². The smallest absolute Gasteiger partial charge is 0.328 e. The summed E-state index contributed by atoms with van der Waals surface area (Å²) in [6.07, 6.45) is 3.39. The first-order valence-electron chi connectivity index (χ1n) is 6.61. The van der Waals surface area contributed by atoms with Crippen LogP contribution in [0.2, 0.25) is 0 Å². The summed E-state index contributed by atoms with van der Waals surface area (Å²) in [6, 6.07) is 4.41. The number of hydrogen-bond acceptors (Lipinski definition) is 3. The van der Waals surface area contributed by atoms with E-state index in [-0.39, 0.29) is 12.4 Å². The summed E-state index contributed by atoms with van der Waals surface area (Å²) in [6.45, 7) is 2.53. The minimum Gasteiger partial charge on any atom is -0.478 e. The van der Waals surface area contributed by atoms with Gasteiger partial charge in [-0.05, 0) is 48.2 Å². The summed E-state index contributed by atoms with van der Waals surface area (Å²) in [7, 11) is 0. The highest BCUT2D eigenvalue weighted by molar-refractivity contribution is 5.85. The molecule has 108 valence electrons. The maximum Gasteiger partial charge on any atom is 0.328 e. The summed E-state index contributed by atoms with van der Waals surface area (Å²) in [5.74, 6) is -1.14. The molecule has 1 aliphatic rings. The van der Waals surface area contributed by atoms with Crippen LogP contribution in [0.15, 0.2) is 24.3 Å². The number of carboxylic acid groups (broad SMARTS) is 1. The molecule has 5 heteroatoms. The third kappa shape index (κ3) is 3.88. The van der Waals surface area contributed by atoms with Crippen LogP contribution < -0.4 is 0 Å². The highest BCUT2D eigenvalue weighted by atomic mass is 19.1. The highest BCUT2D eigenvalue weighted by Gasteiger charge is 2.22. The quantitative estimate of drug-likeness (QED) is 0.806. The summed E-state index contributed by atoms with van der Waals surface area (Å²) in [4.78, 5) is 12.8. The van der Waals surface area contributed by atoms with Gasteiger partial charge in [0.2, 0.25) is 0 Å². The number of nitrogens with zero attached hydrogens (tertiary/aromatic N) is 1. The van der Waals surface area contributed by atoms with Crippen molar-refractivity contribution in [3.63, 3.8) is 0 Å². The number of benzene rings is 1. The van der Waals surface area contributed by atoms with Gasteiger partial charge in [0.25, 0.3) is 0 Å². The van der Waals surface area contributed by atoms with Crippen LogP contribution in [0.1, 0.15) is 17.5 Å². The molecule has 1 heterocycles. The summed E-state index contributed by atoms with van der Waals surface area (Å²) in [5, 5.41) is 17.8. The van der Waals surface area contributed by atoms with Crippen molar-refractivity contribution in [3.05, 3.63) is 41.2 Å². The number of hydrogen-bond donors (Lipinski definition) is 2. The fourth-order valence-electron chi connectivity index (χ4n) is 2.47. The molecule has 2 N–H and O–H groups in total. The molecule has 1 saturated heterocycles. The fourth-order valence-corrected chi connectivity index (χ4v) is 2.47. The zero-order chi connectivity index (χ0) is 14.5. The maximum absolute atomic E-state index is 13.3. The zero-order valence-electron chi connectivity index (χ0n) is 11.1. The van der Waals surface area contributed by atoms with Gasteiger partial charge in [0.15, 0.2) is 0 Å². The van der Waals surface area contributed by atoms with Crippen molar-refractivity contribution in [2.24, 2.45) is 5.92 Å². The van der Waals surface area contributed by atoms with Crippen molar-refractivity contribution in [2.45, 2.75) is 13.0 Å². The Morgan fingerprint density at radius 3 is 2.95 bits per heavy atom. The minimum absolute atomic E-state index is 0.186. The van der Waals surface area contributed by atoms with E-state index >= 15 is 0 Å². The van der Waals surface area contributed by atoms with Crippen molar-refractivity contribution in [1.29, 1.82) is 0 Å². The number of aliphatic carboxylic acids is 1. The van der Waals surface area contributed by atoms with E-state index in [1.165, 1.54) is 18.2 Å². The summed E-state index contributed by atoms with van der Waals surface area (Å²) >= 11 is 0. The van der Waals surface area contributed by atoms with E-state index in [0.29, 0.717) is 18.0 Å². The topological polar surface area (TPSA) is 60.8 Å². The largest absolute Gasteiger partial charge is 0.478 e. The van der Waals surface area contributed by atoms with Gasteiger partial charge < -0.3 is 10.2 Å². The molecule has 1 unspecified atom stereocenters. The van der Waals surface area contributed by atoms with Gasteiger partial charge in [-0.3, -0.25) is 4.90 Å². The molecule has 4 nitrogen and oxygen atoms in total. The number of likely N-dealkylation sites (tertiary alicyclic amines) is 1. The number of carboxylic acids is 1. The van der Waals surface area contributed by atoms with Crippen LogP contribution >= 0.6 is 0 Å². The standard InChI is InChI=1S/C15H18FNO3/c16-14-3-1-13(12(7-14)2-4-15(19)20)9-17-6-5-11(8-17)10-18/h1-4,7,11,18H,5-6,8-10H2,(H,19,20)/b4-2+. The van der Waals surface area contributed by atoms with Crippen LogP contribution in [0.4, 0.5) is 4.39 Å². The van der Waals surface area contributed by atoms with Crippen LogP contribution in [0.25, 0.3) is 6.08 Å². The molecular formula is C15H18FNO3. The molecule has 1 aromatic rings. The molecule has 1 fully saturated rings. The molecule has 1 aromatic carbocycles. The molecule has 0 amide bonds. The number of rotatable bonds is 5. The third-order valence-corrected chi connectivity index (χ3v) is 3.54. The molecule has 0 spiro atoms. The van der Waals surface area contributed by atoms with Crippen molar-refractivity contribution >= 4 is 12.0 Å². The van der Waals surface area contributed by atoms with E-state index in [4.69, 9.17) is 10.2 Å². The SMILES string of the molecule is O=C(O)/C=C/c1cc(F)ccc1CN1CCC(CO)C1. The molecule has 2 rings (SSSR count). The maximum atomic E-state index is 13.3. The Balaban J connectivity index is 2.12. The number of aliphatic hydroxyl groups is 1. The predicted molar refractivity (Wildman–Crippen MR) is 73.5 cm³/mol. The molecule has 0 bridgehead atoms. The van der Waals surface area contributed by atoms with E-state index in [1.807, 2.05) is 0 Å². The van der Waals surface area contributed by atoms with E-state index < -0.39 is 5.97 Å². The molecule has 1 atom stereocenters. The molecule has 0 saturated carbocycles. The Labute approximate surface area is 117 Å². The Kier molecular flexibility index (Phi) is 4.87. The first-order valence-corrected chi connectivity index (χ1v) is 6.61. The lowest BCUT2D eigenvalue weighted by atomic mass is 10.1. The van der Waals surface area contributed by atoms with Gasteiger partial charge in [-0.25, -0.2) is 9.18 Å². The van der Waals surface area contributed by atoms with Crippen LogP contribution in [0, 0.1) is 11.7 Å². The summed E-state index contributed by atoms with van der Waals surface area (Å²) < 4.78 is 13.3. The monoisotopic (exact) mass is 279 g/mol. The first-order chi connectivity index (χ1) is 9.58. The van der Waals surface area contributed by atoms with E-state index in [0.717, 1.165) is 31.1 Å². The molecule has 0 radical (unpaired) electrons. The van der Waals surface area contributed by atoms with Gasteiger partial charge >= 0.3 is 5.97 Å². The van der Waals surface area contributed by atoms with E-state index in [1.54, 1.807) is 6.07 Å². The van der Waals surface area contributed by atoms with E-state index in [9.17, 15) is 9.18 Å². The van der Waals surface area contributed by atoms with Gasteiger partial charge in [0.05, 0.1) is 0 Å². The average molecular weight is 279 g/mol. The lowest BCUT2D eigenvalue weighted by molar-refractivity contribution is -0.131.